The highest BCUT2D eigenvalue weighted by Gasteiger charge is 2.39. The topological polar surface area (TPSA) is 78.4 Å². The van der Waals surface area contributed by atoms with Crippen LogP contribution >= 0.6 is 0 Å². The number of rotatable bonds is 1. The van der Waals surface area contributed by atoms with Gasteiger partial charge in [-0.25, -0.2) is 14.8 Å². The molecular formula is C15H18F6N4O2. The molecular weight excluding hydrogens is 382 g/mol. The van der Waals surface area contributed by atoms with Crippen LogP contribution in [0.1, 0.15) is 25.1 Å². The second kappa shape index (κ2) is 7.87. The first-order valence-corrected chi connectivity index (χ1v) is 8.09. The molecule has 3 heterocycles. The third-order valence-electron chi connectivity index (χ3n) is 4.62. The molecule has 2 aliphatic heterocycles. The molecule has 0 amide bonds. The number of carbonyl (C=O) groups is 1. The van der Waals surface area contributed by atoms with Crippen LogP contribution in [0.3, 0.4) is 0 Å². The number of aromatic nitrogens is 2. The Balaban J connectivity index is 0.000000321. The molecule has 27 heavy (non-hydrogen) atoms. The van der Waals surface area contributed by atoms with E-state index in [2.05, 4.69) is 15.3 Å². The van der Waals surface area contributed by atoms with E-state index in [0.717, 1.165) is 39.0 Å². The largest absolute Gasteiger partial charge is 0.490 e. The number of hydrogen-bond acceptors (Lipinski definition) is 5. The summed E-state index contributed by atoms with van der Waals surface area (Å²) in [6, 6.07) is 1.56. The second-order valence-corrected chi connectivity index (χ2v) is 6.45. The number of nitrogens with zero attached hydrogens (tertiary/aromatic N) is 3. The van der Waals surface area contributed by atoms with Gasteiger partial charge in [0.2, 0.25) is 5.82 Å². The highest BCUT2D eigenvalue weighted by Crippen LogP contribution is 2.38. The van der Waals surface area contributed by atoms with Crippen molar-refractivity contribution < 1.29 is 36.2 Å². The molecule has 2 saturated heterocycles. The van der Waals surface area contributed by atoms with E-state index in [1.54, 1.807) is 6.07 Å². The maximum Gasteiger partial charge on any atom is 0.490 e. The summed E-state index contributed by atoms with van der Waals surface area (Å²) in [5.41, 5.74) is 0.344. The van der Waals surface area contributed by atoms with Gasteiger partial charge in [0.15, 0.2) is 0 Å². The summed E-state index contributed by atoms with van der Waals surface area (Å²) in [5, 5.41) is 10.5. The van der Waals surface area contributed by atoms with E-state index in [9.17, 15) is 26.3 Å². The maximum atomic E-state index is 12.6. The average Bonchev–Trinajstić information content (AvgIpc) is 3.03. The van der Waals surface area contributed by atoms with Crippen LogP contribution in [0, 0.1) is 5.41 Å². The van der Waals surface area contributed by atoms with Crippen molar-refractivity contribution in [2.24, 2.45) is 5.41 Å². The first-order chi connectivity index (χ1) is 12.4. The fourth-order valence-corrected chi connectivity index (χ4v) is 3.09. The van der Waals surface area contributed by atoms with Gasteiger partial charge in [-0.2, -0.15) is 26.3 Å². The Labute approximate surface area is 150 Å². The van der Waals surface area contributed by atoms with E-state index < -0.39 is 24.1 Å². The summed E-state index contributed by atoms with van der Waals surface area (Å²) in [7, 11) is 0. The third-order valence-corrected chi connectivity index (χ3v) is 4.62. The van der Waals surface area contributed by atoms with Gasteiger partial charge in [-0.05, 0) is 37.3 Å². The normalized spacial score (nSPS) is 19.6. The molecule has 0 unspecified atom stereocenters. The SMILES string of the molecule is FC(F)(F)c1nccc(N2CCC3(CCNC3)CC2)n1.O=C(O)C(F)(F)F. The summed E-state index contributed by atoms with van der Waals surface area (Å²) in [5.74, 6) is -3.43. The Morgan fingerprint density at radius 3 is 2.19 bits per heavy atom. The Hall–Kier alpha value is -2.11. The molecule has 1 spiro atoms. The highest BCUT2D eigenvalue weighted by atomic mass is 19.4. The second-order valence-electron chi connectivity index (χ2n) is 6.45. The maximum absolute atomic E-state index is 12.6. The molecule has 6 nitrogen and oxygen atoms in total. The van der Waals surface area contributed by atoms with Gasteiger partial charge in [0, 0.05) is 25.8 Å². The Bertz CT molecular complexity index is 648. The number of piperidine rings is 1. The van der Waals surface area contributed by atoms with Crippen LogP contribution in [-0.4, -0.2) is 53.4 Å². The molecule has 0 atom stereocenters. The number of anilines is 1. The minimum atomic E-state index is -5.08. The van der Waals surface area contributed by atoms with Crippen molar-refractivity contribution in [2.75, 3.05) is 31.1 Å². The molecule has 2 aliphatic rings. The van der Waals surface area contributed by atoms with Gasteiger partial charge in [0.25, 0.3) is 0 Å². The smallest absolute Gasteiger partial charge is 0.475 e. The van der Waals surface area contributed by atoms with Gasteiger partial charge in [0.1, 0.15) is 5.82 Å². The zero-order valence-electron chi connectivity index (χ0n) is 14.1. The monoisotopic (exact) mass is 400 g/mol. The summed E-state index contributed by atoms with van der Waals surface area (Å²) < 4.78 is 69.6. The molecule has 2 N–H and O–H groups in total. The van der Waals surface area contributed by atoms with Crippen molar-refractivity contribution in [2.45, 2.75) is 31.6 Å². The predicted molar refractivity (Wildman–Crippen MR) is 82.1 cm³/mol. The lowest BCUT2D eigenvalue weighted by atomic mass is 9.78. The molecule has 0 aliphatic carbocycles. The van der Waals surface area contributed by atoms with Crippen molar-refractivity contribution in [1.82, 2.24) is 15.3 Å². The lowest BCUT2D eigenvalue weighted by Crippen LogP contribution is -2.41. The van der Waals surface area contributed by atoms with Crippen LogP contribution in [0.2, 0.25) is 0 Å². The van der Waals surface area contributed by atoms with Crippen LogP contribution in [0.25, 0.3) is 0 Å². The van der Waals surface area contributed by atoms with Gasteiger partial charge < -0.3 is 15.3 Å². The Morgan fingerprint density at radius 2 is 1.74 bits per heavy atom. The average molecular weight is 400 g/mol. The van der Waals surface area contributed by atoms with Crippen molar-refractivity contribution in [3.05, 3.63) is 18.1 Å². The molecule has 0 saturated carbocycles. The molecule has 0 radical (unpaired) electrons. The lowest BCUT2D eigenvalue weighted by molar-refractivity contribution is -0.192. The van der Waals surface area contributed by atoms with Crippen LogP contribution in [0.5, 0.6) is 0 Å². The van der Waals surface area contributed by atoms with E-state index in [4.69, 9.17) is 9.90 Å². The zero-order valence-corrected chi connectivity index (χ0v) is 14.1. The molecule has 1 aromatic heterocycles. The fraction of sp³-hybridized carbons (Fsp3) is 0.667. The number of nitrogens with one attached hydrogen (secondary N) is 1. The van der Waals surface area contributed by atoms with Crippen molar-refractivity contribution >= 4 is 11.8 Å². The number of aliphatic carboxylic acids is 1. The van der Waals surface area contributed by atoms with Crippen LogP contribution < -0.4 is 10.2 Å². The van der Waals surface area contributed by atoms with Crippen LogP contribution in [0.15, 0.2) is 12.3 Å². The van der Waals surface area contributed by atoms with Crippen molar-refractivity contribution in [3.63, 3.8) is 0 Å². The first kappa shape index (κ1) is 21.2. The number of alkyl halides is 6. The lowest BCUT2D eigenvalue weighted by Gasteiger charge is -2.39. The molecule has 0 bridgehead atoms. The third kappa shape index (κ3) is 5.68. The van der Waals surface area contributed by atoms with Gasteiger partial charge in [-0.3, -0.25) is 0 Å². The zero-order chi connectivity index (χ0) is 20.3. The van der Waals surface area contributed by atoms with Gasteiger partial charge in [-0.1, -0.05) is 0 Å². The molecule has 152 valence electrons. The van der Waals surface area contributed by atoms with Gasteiger partial charge in [0.05, 0.1) is 0 Å². The van der Waals surface area contributed by atoms with Crippen LogP contribution in [-0.2, 0) is 11.0 Å². The van der Waals surface area contributed by atoms with Crippen molar-refractivity contribution in [3.8, 4) is 0 Å². The predicted octanol–water partition coefficient (Wildman–Crippen LogP) is 2.71. The quantitative estimate of drug-likeness (QED) is 0.706. The number of hydrogen-bond donors (Lipinski definition) is 2. The summed E-state index contributed by atoms with van der Waals surface area (Å²) in [6.07, 6.45) is -5.20. The number of carboxylic acid groups (broad SMARTS) is 1. The fourth-order valence-electron chi connectivity index (χ4n) is 3.09. The van der Waals surface area contributed by atoms with E-state index in [1.807, 2.05) is 4.90 Å². The number of carboxylic acids is 1. The summed E-state index contributed by atoms with van der Waals surface area (Å²) in [6.45, 7) is 3.59. The van der Waals surface area contributed by atoms with E-state index in [0.29, 0.717) is 11.2 Å². The van der Waals surface area contributed by atoms with Crippen molar-refractivity contribution in [1.29, 1.82) is 0 Å². The standard InChI is InChI=1S/C13H17F3N4.C2HF3O2/c14-13(15,16)11-18-5-1-10(19-11)20-7-3-12(4-8-20)2-6-17-9-12;3-2(4,5)1(6)7/h1,5,17H,2-4,6-9H2;(H,6,7). The molecule has 2 fully saturated rings. The Morgan fingerprint density at radius 1 is 1.15 bits per heavy atom. The highest BCUT2D eigenvalue weighted by molar-refractivity contribution is 5.73. The van der Waals surface area contributed by atoms with Gasteiger partial charge >= 0.3 is 18.3 Å². The van der Waals surface area contributed by atoms with Crippen LogP contribution in [0.4, 0.5) is 32.2 Å². The summed E-state index contributed by atoms with van der Waals surface area (Å²) in [4.78, 5) is 17.8. The summed E-state index contributed by atoms with van der Waals surface area (Å²) >= 11 is 0. The molecule has 0 aromatic carbocycles. The van der Waals surface area contributed by atoms with Gasteiger partial charge in [-0.15, -0.1) is 0 Å². The molecule has 3 rings (SSSR count). The Kier molecular flexibility index (Phi) is 6.17. The number of halogens is 6. The molecule has 12 heteroatoms. The minimum absolute atomic E-state index is 0.344. The van der Waals surface area contributed by atoms with E-state index in [-0.39, 0.29) is 0 Å². The van der Waals surface area contributed by atoms with E-state index in [1.165, 1.54) is 12.6 Å². The minimum Gasteiger partial charge on any atom is -0.475 e. The van der Waals surface area contributed by atoms with E-state index >= 15 is 0 Å². The molecule has 1 aromatic rings. The first-order valence-electron chi connectivity index (χ1n) is 8.09.